The first-order chi connectivity index (χ1) is 12.3. The summed E-state index contributed by atoms with van der Waals surface area (Å²) in [5.41, 5.74) is -0.0117. The zero-order valence-corrected chi connectivity index (χ0v) is 19.2. The number of allylic oxidation sites excluding steroid dienone is 2. The Kier molecular flexibility index (Phi) is 6.94. The van der Waals surface area contributed by atoms with Crippen LogP contribution in [0, 0.1) is 23.7 Å². The summed E-state index contributed by atoms with van der Waals surface area (Å²) in [5.74, 6) is 1.00. The fourth-order valence-electron chi connectivity index (χ4n) is 4.15. The monoisotopic (exact) mass is 489 g/mol. The summed E-state index contributed by atoms with van der Waals surface area (Å²) in [7, 11) is 5.81. The summed E-state index contributed by atoms with van der Waals surface area (Å²) in [5, 5.41) is 6.51. The summed E-state index contributed by atoms with van der Waals surface area (Å²) in [6, 6.07) is 0. The molecule has 8 heteroatoms. The Morgan fingerprint density at radius 1 is 1.19 bits per heavy atom. The summed E-state index contributed by atoms with van der Waals surface area (Å²) in [6.07, 6.45) is 5.21. The minimum atomic E-state index is -0.115. The molecule has 1 saturated heterocycles. The first kappa shape index (κ1) is 22.1. The van der Waals surface area contributed by atoms with E-state index in [1.807, 2.05) is 14.1 Å². The maximum absolute atomic E-state index is 12.7. The maximum Gasteiger partial charge on any atom is 0.233 e. The highest BCUT2D eigenvalue weighted by atomic mass is 127. The van der Waals surface area contributed by atoms with E-state index in [4.69, 9.17) is 0 Å². The summed E-state index contributed by atoms with van der Waals surface area (Å²) < 4.78 is 0. The average Bonchev–Trinajstić information content (AvgIpc) is 3.26. The van der Waals surface area contributed by atoms with Gasteiger partial charge in [0.05, 0.1) is 11.8 Å². The number of aliphatic imine (C=N–C) groups is 1. The summed E-state index contributed by atoms with van der Waals surface area (Å²) >= 11 is 0. The van der Waals surface area contributed by atoms with E-state index in [1.54, 1.807) is 7.05 Å². The van der Waals surface area contributed by atoms with E-state index < -0.39 is 0 Å². The normalized spacial score (nSPS) is 29.4. The molecule has 2 aliphatic carbocycles. The van der Waals surface area contributed by atoms with Crippen LogP contribution in [0.5, 0.6) is 0 Å². The minimum absolute atomic E-state index is 0. The fourth-order valence-corrected chi connectivity index (χ4v) is 4.15. The zero-order valence-electron chi connectivity index (χ0n) is 16.9. The highest BCUT2D eigenvalue weighted by Gasteiger charge is 2.58. The van der Waals surface area contributed by atoms with Gasteiger partial charge in [0, 0.05) is 32.2 Å². The smallest absolute Gasteiger partial charge is 0.233 e. The van der Waals surface area contributed by atoms with Gasteiger partial charge in [-0.2, -0.15) is 0 Å². The fraction of sp³-hybridized carbons (Fsp3) is 0.737. The molecule has 152 valence electrons. The van der Waals surface area contributed by atoms with Crippen LogP contribution in [0.15, 0.2) is 17.1 Å². The number of nitrogens with zero attached hydrogens (tertiary/aromatic N) is 3. The van der Waals surface area contributed by atoms with Crippen LogP contribution in [0.1, 0.15) is 20.3 Å². The number of guanidine groups is 1. The highest BCUT2D eigenvalue weighted by molar-refractivity contribution is 14.0. The number of fused-ring (bicyclic) bond motifs is 5. The lowest BCUT2D eigenvalue weighted by Gasteiger charge is -2.33. The van der Waals surface area contributed by atoms with E-state index in [0.717, 1.165) is 13.0 Å². The van der Waals surface area contributed by atoms with Crippen molar-refractivity contribution < 1.29 is 9.59 Å². The molecule has 2 fully saturated rings. The third-order valence-electron chi connectivity index (χ3n) is 6.31. The third-order valence-corrected chi connectivity index (χ3v) is 6.31. The maximum atomic E-state index is 12.7. The van der Waals surface area contributed by atoms with E-state index in [-0.39, 0.29) is 65.0 Å². The lowest BCUT2D eigenvalue weighted by atomic mass is 9.85. The van der Waals surface area contributed by atoms with Gasteiger partial charge >= 0.3 is 0 Å². The number of nitrogens with one attached hydrogen (secondary N) is 2. The molecule has 0 spiro atoms. The van der Waals surface area contributed by atoms with E-state index in [9.17, 15) is 9.59 Å². The first-order valence-corrected chi connectivity index (χ1v) is 9.42. The van der Waals surface area contributed by atoms with Crippen molar-refractivity contribution in [1.29, 1.82) is 0 Å². The molecular formula is C19H32IN5O2. The Morgan fingerprint density at radius 3 is 2.22 bits per heavy atom. The predicted octanol–water partition coefficient (Wildman–Crippen LogP) is 0.917. The second kappa shape index (κ2) is 8.46. The molecule has 1 heterocycles. The van der Waals surface area contributed by atoms with Gasteiger partial charge in [-0.05, 0) is 46.2 Å². The third kappa shape index (κ3) is 4.16. The van der Waals surface area contributed by atoms with Gasteiger partial charge in [0.1, 0.15) is 0 Å². The van der Waals surface area contributed by atoms with Gasteiger partial charge < -0.3 is 15.5 Å². The van der Waals surface area contributed by atoms with Crippen molar-refractivity contribution in [1.82, 2.24) is 20.4 Å². The van der Waals surface area contributed by atoms with Crippen LogP contribution < -0.4 is 10.6 Å². The second-order valence-electron chi connectivity index (χ2n) is 8.39. The molecule has 7 nitrogen and oxygen atoms in total. The van der Waals surface area contributed by atoms with Crippen molar-refractivity contribution in [2.45, 2.75) is 25.8 Å². The van der Waals surface area contributed by atoms with Crippen molar-refractivity contribution >= 4 is 41.8 Å². The van der Waals surface area contributed by atoms with Crippen molar-refractivity contribution in [2.75, 3.05) is 40.8 Å². The number of hydrogen-bond donors (Lipinski definition) is 2. The highest BCUT2D eigenvalue weighted by Crippen LogP contribution is 2.52. The molecule has 27 heavy (non-hydrogen) atoms. The summed E-state index contributed by atoms with van der Waals surface area (Å²) in [6.45, 7) is 5.93. The first-order valence-electron chi connectivity index (χ1n) is 9.42. The lowest BCUT2D eigenvalue weighted by Crippen LogP contribution is -2.51. The molecule has 0 radical (unpaired) electrons. The number of carbonyl (C=O) groups excluding carboxylic acids is 2. The van der Waals surface area contributed by atoms with E-state index >= 15 is 0 Å². The Hall–Kier alpha value is -1.16. The van der Waals surface area contributed by atoms with Crippen LogP contribution in [0.3, 0.4) is 0 Å². The number of likely N-dealkylation sites (tertiary alicyclic amines) is 1. The Morgan fingerprint density at radius 2 is 1.74 bits per heavy atom. The van der Waals surface area contributed by atoms with E-state index in [0.29, 0.717) is 19.0 Å². The van der Waals surface area contributed by atoms with E-state index in [2.05, 4.69) is 46.5 Å². The number of halogens is 1. The molecule has 2 N–H and O–H groups in total. The standard InChI is InChI=1S/C19H31N5O2.HI/c1-19(2,23(4)5)11-22-18(20-3)21-8-9-24-16(25)14-12-6-7-13(10-12)15(14)17(24)26;/h6-7,12-15H,8-11H2,1-5H3,(H2,20,21,22);1H. The van der Waals surface area contributed by atoms with Gasteiger partial charge in [-0.3, -0.25) is 19.5 Å². The minimum Gasteiger partial charge on any atom is -0.355 e. The van der Waals surface area contributed by atoms with Crippen molar-refractivity contribution in [3.8, 4) is 0 Å². The van der Waals surface area contributed by atoms with Crippen LogP contribution in [-0.4, -0.2) is 73.9 Å². The molecule has 1 aliphatic heterocycles. The number of likely N-dealkylation sites (N-methyl/N-ethyl adjacent to an activating group) is 1. The number of rotatable bonds is 6. The SMILES string of the molecule is CN=C(NCCN1C(=O)C2C3C=CC(C3)C2C1=O)NCC(C)(C)N(C)C.I. The quantitative estimate of drug-likeness (QED) is 0.191. The summed E-state index contributed by atoms with van der Waals surface area (Å²) in [4.78, 5) is 33.1. The number of hydrogen-bond acceptors (Lipinski definition) is 4. The largest absolute Gasteiger partial charge is 0.355 e. The zero-order chi connectivity index (χ0) is 19.1. The van der Waals surface area contributed by atoms with Crippen molar-refractivity contribution in [3.05, 3.63) is 12.2 Å². The molecule has 3 aliphatic rings. The second-order valence-corrected chi connectivity index (χ2v) is 8.39. The van der Waals surface area contributed by atoms with Gasteiger partial charge in [-0.25, -0.2) is 0 Å². The van der Waals surface area contributed by atoms with Gasteiger partial charge in [0.25, 0.3) is 0 Å². The lowest BCUT2D eigenvalue weighted by molar-refractivity contribution is -0.140. The Bertz CT molecular complexity index is 616. The number of imide groups is 1. The Balaban J connectivity index is 0.00000261. The van der Waals surface area contributed by atoms with Gasteiger partial charge in [-0.15, -0.1) is 24.0 Å². The molecule has 4 atom stereocenters. The van der Waals surface area contributed by atoms with Crippen LogP contribution in [-0.2, 0) is 9.59 Å². The number of amides is 2. The average molecular weight is 489 g/mol. The molecule has 1 saturated carbocycles. The van der Waals surface area contributed by atoms with Gasteiger partial charge in [0.15, 0.2) is 5.96 Å². The van der Waals surface area contributed by atoms with Crippen LogP contribution in [0.4, 0.5) is 0 Å². The molecule has 4 unspecified atom stereocenters. The molecule has 0 aromatic rings. The van der Waals surface area contributed by atoms with Crippen molar-refractivity contribution in [3.63, 3.8) is 0 Å². The predicted molar refractivity (Wildman–Crippen MR) is 117 cm³/mol. The molecule has 0 aromatic carbocycles. The number of carbonyl (C=O) groups is 2. The van der Waals surface area contributed by atoms with Gasteiger partial charge in [0.2, 0.25) is 11.8 Å². The molecule has 3 rings (SSSR count). The molecule has 2 bridgehead atoms. The van der Waals surface area contributed by atoms with Crippen LogP contribution in [0.2, 0.25) is 0 Å². The topological polar surface area (TPSA) is 77.0 Å². The van der Waals surface area contributed by atoms with Crippen LogP contribution in [0.25, 0.3) is 0 Å². The van der Waals surface area contributed by atoms with Crippen LogP contribution >= 0.6 is 24.0 Å². The molecule has 0 aromatic heterocycles. The Labute approximate surface area is 179 Å². The van der Waals surface area contributed by atoms with E-state index in [1.165, 1.54) is 4.90 Å². The molecule has 2 amide bonds. The van der Waals surface area contributed by atoms with Gasteiger partial charge in [-0.1, -0.05) is 12.2 Å². The van der Waals surface area contributed by atoms with Crippen molar-refractivity contribution in [2.24, 2.45) is 28.7 Å². The molecular weight excluding hydrogens is 457 g/mol.